The van der Waals surface area contributed by atoms with Gasteiger partial charge in [-0.3, -0.25) is 4.79 Å². The first kappa shape index (κ1) is 10.3. The molecule has 0 heterocycles. The lowest BCUT2D eigenvalue weighted by Gasteiger charge is -2.01. The summed E-state index contributed by atoms with van der Waals surface area (Å²) in [6.07, 6.45) is 1.28. The van der Waals surface area contributed by atoms with Crippen molar-refractivity contribution in [1.29, 1.82) is 0 Å². The van der Waals surface area contributed by atoms with Crippen molar-refractivity contribution in [2.75, 3.05) is 0 Å². The van der Waals surface area contributed by atoms with Crippen molar-refractivity contribution >= 4 is 17.4 Å². The van der Waals surface area contributed by atoms with E-state index in [2.05, 4.69) is 0 Å². The van der Waals surface area contributed by atoms with Crippen molar-refractivity contribution in [3.63, 3.8) is 0 Å². The molecule has 70 valence electrons. The number of Topliss-reactive ketones (excluding diaryl/α,β-unsaturated/α-hetero) is 1. The van der Waals surface area contributed by atoms with E-state index in [-0.39, 0.29) is 11.2 Å². The fourth-order valence-corrected chi connectivity index (χ4v) is 1.21. The van der Waals surface area contributed by atoms with Crippen LogP contribution in [-0.2, 0) is 0 Å². The van der Waals surface area contributed by atoms with Crippen LogP contribution in [0.5, 0.6) is 0 Å². The van der Waals surface area contributed by atoms with Crippen LogP contribution in [0.4, 0.5) is 0 Å². The zero-order valence-corrected chi connectivity index (χ0v) is 8.42. The van der Waals surface area contributed by atoms with Crippen molar-refractivity contribution in [3.05, 3.63) is 35.9 Å². The Morgan fingerprint density at radius 2 is 2.00 bits per heavy atom. The zero-order chi connectivity index (χ0) is 9.68. The van der Waals surface area contributed by atoms with Crippen molar-refractivity contribution in [3.8, 4) is 0 Å². The third-order valence-electron chi connectivity index (χ3n) is 1.86. The molecule has 0 amide bonds. The molecule has 1 nitrogen and oxygen atoms in total. The van der Waals surface area contributed by atoms with Gasteiger partial charge in [0, 0.05) is 17.4 Å². The normalized spacial score (nSPS) is 12.5. The average Bonchev–Trinajstić information content (AvgIpc) is 2.15. The van der Waals surface area contributed by atoms with Gasteiger partial charge < -0.3 is 0 Å². The van der Waals surface area contributed by atoms with Crippen LogP contribution < -0.4 is 0 Å². The standard InChI is InChI=1S/C11H13ClO/c1-9(12)7-8-11(13)10-5-3-2-4-6-10/h2-6,9H,7-8H2,1H3. The number of alkyl halides is 1. The molecule has 1 aromatic carbocycles. The van der Waals surface area contributed by atoms with Crippen molar-refractivity contribution < 1.29 is 4.79 Å². The van der Waals surface area contributed by atoms with Gasteiger partial charge in [0.25, 0.3) is 0 Å². The van der Waals surface area contributed by atoms with Crippen LogP contribution in [0.15, 0.2) is 30.3 Å². The van der Waals surface area contributed by atoms with E-state index in [0.29, 0.717) is 6.42 Å². The minimum Gasteiger partial charge on any atom is -0.294 e. The Kier molecular flexibility index (Phi) is 3.97. The molecule has 0 aliphatic rings. The van der Waals surface area contributed by atoms with Crippen molar-refractivity contribution in [2.24, 2.45) is 0 Å². The summed E-state index contributed by atoms with van der Waals surface area (Å²) in [4.78, 5) is 11.5. The molecule has 0 saturated carbocycles. The molecule has 0 fully saturated rings. The third kappa shape index (κ3) is 3.60. The van der Waals surface area contributed by atoms with E-state index in [9.17, 15) is 4.79 Å². The Bertz CT molecular complexity index is 267. The molecule has 0 N–H and O–H groups in total. The number of ketones is 1. The molecule has 0 aromatic heterocycles. The van der Waals surface area contributed by atoms with Crippen LogP contribution in [0.25, 0.3) is 0 Å². The molecular weight excluding hydrogens is 184 g/mol. The Morgan fingerprint density at radius 1 is 1.38 bits per heavy atom. The van der Waals surface area contributed by atoms with Crippen LogP contribution in [-0.4, -0.2) is 11.2 Å². The number of carbonyl (C=O) groups is 1. The van der Waals surface area contributed by atoms with Gasteiger partial charge in [0.05, 0.1) is 0 Å². The number of hydrogen-bond donors (Lipinski definition) is 0. The van der Waals surface area contributed by atoms with E-state index in [0.717, 1.165) is 12.0 Å². The summed E-state index contributed by atoms with van der Waals surface area (Å²) in [5.74, 6) is 0.174. The lowest BCUT2D eigenvalue weighted by molar-refractivity contribution is 0.0980. The van der Waals surface area contributed by atoms with Crippen molar-refractivity contribution in [1.82, 2.24) is 0 Å². The second-order valence-electron chi connectivity index (χ2n) is 3.11. The number of halogens is 1. The quantitative estimate of drug-likeness (QED) is 0.534. The summed E-state index contributed by atoms with van der Waals surface area (Å²) in [5.41, 5.74) is 0.778. The predicted molar refractivity (Wildman–Crippen MR) is 55.3 cm³/mol. The van der Waals surface area contributed by atoms with Crippen LogP contribution in [0.3, 0.4) is 0 Å². The molecule has 0 aliphatic carbocycles. The smallest absolute Gasteiger partial charge is 0.162 e. The van der Waals surface area contributed by atoms with Crippen LogP contribution >= 0.6 is 11.6 Å². The Morgan fingerprint density at radius 3 is 2.54 bits per heavy atom. The summed E-state index contributed by atoms with van der Waals surface area (Å²) in [7, 11) is 0. The molecule has 1 rings (SSSR count). The largest absolute Gasteiger partial charge is 0.294 e. The number of hydrogen-bond acceptors (Lipinski definition) is 1. The van der Waals surface area contributed by atoms with Gasteiger partial charge >= 0.3 is 0 Å². The van der Waals surface area contributed by atoms with E-state index in [1.807, 2.05) is 37.3 Å². The van der Waals surface area contributed by atoms with Crippen LogP contribution in [0.1, 0.15) is 30.1 Å². The van der Waals surface area contributed by atoms with Gasteiger partial charge in [-0.05, 0) is 13.3 Å². The highest BCUT2D eigenvalue weighted by Crippen LogP contribution is 2.09. The number of carbonyl (C=O) groups excluding carboxylic acids is 1. The van der Waals surface area contributed by atoms with Gasteiger partial charge in [-0.25, -0.2) is 0 Å². The Hall–Kier alpha value is -0.820. The molecule has 0 spiro atoms. The van der Waals surface area contributed by atoms with Gasteiger partial charge in [-0.15, -0.1) is 11.6 Å². The van der Waals surface area contributed by atoms with Gasteiger partial charge in [0.2, 0.25) is 0 Å². The van der Waals surface area contributed by atoms with Crippen molar-refractivity contribution in [2.45, 2.75) is 25.1 Å². The fourth-order valence-electron chi connectivity index (χ4n) is 1.10. The van der Waals surface area contributed by atoms with E-state index >= 15 is 0 Å². The molecule has 1 aromatic rings. The average molecular weight is 197 g/mol. The number of rotatable bonds is 4. The first-order valence-corrected chi connectivity index (χ1v) is 4.86. The topological polar surface area (TPSA) is 17.1 Å². The molecule has 0 aliphatic heterocycles. The number of benzene rings is 1. The highest BCUT2D eigenvalue weighted by Gasteiger charge is 2.06. The second kappa shape index (κ2) is 5.03. The minimum atomic E-state index is 0.0765. The highest BCUT2D eigenvalue weighted by atomic mass is 35.5. The van der Waals surface area contributed by atoms with Gasteiger partial charge in [0.15, 0.2) is 5.78 Å². The van der Waals surface area contributed by atoms with E-state index in [1.165, 1.54) is 0 Å². The molecule has 1 unspecified atom stereocenters. The summed E-state index contributed by atoms with van der Waals surface area (Å²) in [5, 5.41) is 0.0765. The second-order valence-corrected chi connectivity index (χ2v) is 3.85. The first-order valence-electron chi connectivity index (χ1n) is 4.42. The maximum Gasteiger partial charge on any atom is 0.162 e. The van der Waals surface area contributed by atoms with E-state index < -0.39 is 0 Å². The molecular formula is C11H13ClO. The molecule has 0 saturated heterocycles. The Balaban J connectivity index is 2.50. The third-order valence-corrected chi connectivity index (χ3v) is 2.08. The van der Waals surface area contributed by atoms with Crippen LogP contribution in [0.2, 0.25) is 0 Å². The first-order chi connectivity index (χ1) is 6.20. The summed E-state index contributed by atoms with van der Waals surface area (Å²) >= 11 is 5.76. The lowest BCUT2D eigenvalue weighted by Crippen LogP contribution is -2.01. The Labute approximate surface area is 83.7 Å². The van der Waals surface area contributed by atoms with E-state index in [1.54, 1.807) is 0 Å². The predicted octanol–water partition coefficient (Wildman–Crippen LogP) is 3.28. The zero-order valence-electron chi connectivity index (χ0n) is 7.66. The highest BCUT2D eigenvalue weighted by molar-refractivity contribution is 6.20. The summed E-state index contributed by atoms with van der Waals surface area (Å²) in [6.45, 7) is 1.90. The molecule has 1 atom stereocenters. The summed E-state index contributed by atoms with van der Waals surface area (Å²) in [6, 6.07) is 9.32. The molecule has 2 heteroatoms. The van der Waals surface area contributed by atoms with Crippen LogP contribution in [0, 0.1) is 0 Å². The lowest BCUT2D eigenvalue weighted by atomic mass is 10.1. The maximum absolute atomic E-state index is 11.5. The molecule has 0 radical (unpaired) electrons. The van der Waals surface area contributed by atoms with Gasteiger partial charge in [0.1, 0.15) is 0 Å². The monoisotopic (exact) mass is 196 g/mol. The van der Waals surface area contributed by atoms with Gasteiger partial charge in [-0.2, -0.15) is 0 Å². The van der Waals surface area contributed by atoms with E-state index in [4.69, 9.17) is 11.6 Å². The van der Waals surface area contributed by atoms with Gasteiger partial charge in [-0.1, -0.05) is 30.3 Å². The molecule has 13 heavy (non-hydrogen) atoms. The fraction of sp³-hybridized carbons (Fsp3) is 0.364. The minimum absolute atomic E-state index is 0.0765. The maximum atomic E-state index is 11.5. The molecule has 0 bridgehead atoms. The SMILES string of the molecule is CC(Cl)CCC(=O)c1ccccc1. The summed E-state index contributed by atoms with van der Waals surface area (Å²) < 4.78 is 0.